The summed E-state index contributed by atoms with van der Waals surface area (Å²) in [7, 11) is -1.88. The zero-order chi connectivity index (χ0) is 15.3. The van der Waals surface area contributed by atoms with Crippen molar-refractivity contribution in [2.75, 3.05) is 7.05 Å². The first kappa shape index (κ1) is 17.1. The Hall–Kier alpha value is -0.910. The van der Waals surface area contributed by atoms with Crippen LogP contribution in [0.4, 0.5) is 0 Å². The standard InChI is InChI=1S/C15H25NO3S/c1-5-7-12(3)16(4)20(18,19)15-9-8-13(6-2)14(10-15)11-17/h8-10,12,17H,5-7,11H2,1-4H3. The summed E-state index contributed by atoms with van der Waals surface area (Å²) >= 11 is 0. The molecule has 1 N–H and O–H groups in total. The maximum absolute atomic E-state index is 12.6. The van der Waals surface area contributed by atoms with Crippen molar-refractivity contribution in [3.8, 4) is 0 Å². The van der Waals surface area contributed by atoms with Gasteiger partial charge in [0.2, 0.25) is 10.0 Å². The number of sulfonamides is 1. The molecule has 0 aliphatic rings. The summed E-state index contributed by atoms with van der Waals surface area (Å²) in [4.78, 5) is 0.254. The van der Waals surface area contributed by atoms with E-state index in [4.69, 9.17) is 0 Å². The lowest BCUT2D eigenvalue weighted by Crippen LogP contribution is -2.35. The van der Waals surface area contributed by atoms with Gasteiger partial charge in [-0.1, -0.05) is 26.3 Å². The number of nitrogens with zero attached hydrogens (tertiary/aromatic N) is 1. The molecule has 0 fully saturated rings. The van der Waals surface area contributed by atoms with E-state index in [0.29, 0.717) is 5.56 Å². The Kier molecular flexibility index (Phi) is 6.17. The predicted molar refractivity (Wildman–Crippen MR) is 81.1 cm³/mol. The molecule has 0 saturated carbocycles. The molecular formula is C15H25NO3S. The molecule has 0 aliphatic carbocycles. The van der Waals surface area contributed by atoms with Gasteiger partial charge < -0.3 is 5.11 Å². The molecule has 114 valence electrons. The smallest absolute Gasteiger partial charge is 0.243 e. The van der Waals surface area contributed by atoms with Crippen molar-refractivity contribution < 1.29 is 13.5 Å². The molecule has 20 heavy (non-hydrogen) atoms. The van der Waals surface area contributed by atoms with Crippen LogP contribution in [-0.2, 0) is 23.1 Å². The molecule has 1 atom stereocenters. The van der Waals surface area contributed by atoms with Crippen LogP contribution < -0.4 is 0 Å². The number of hydrogen-bond donors (Lipinski definition) is 1. The Morgan fingerprint density at radius 3 is 2.40 bits per heavy atom. The molecule has 0 heterocycles. The molecule has 0 aliphatic heterocycles. The number of benzene rings is 1. The van der Waals surface area contributed by atoms with Gasteiger partial charge in [-0.05, 0) is 43.0 Å². The molecule has 5 heteroatoms. The first-order valence-corrected chi connectivity index (χ1v) is 8.53. The van der Waals surface area contributed by atoms with E-state index in [9.17, 15) is 13.5 Å². The van der Waals surface area contributed by atoms with Crippen LogP contribution in [0.1, 0.15) is 44.7 Å². The first-order valence-electron chi connectivity index (χ1n) is 7.09. The van der Waals surface area contributed by atoms with E-state index in [1.807, 2.05) is 20.8 Å². The number of aliphatic hydroxyl groups is 1. The van der Waals surface area contributed by atoms with Crippen LogP contribution in [0.25, 0.3) is 0 Å². The summed E-state index contributed by atoms with van der Waals surface area (Å²) in [5.74, 6) is 0. The Morgan fingerprint density at radius 2 is 1.90 bits per heavy atom. The van der Waals surface area contributed by atoms with Crippen molar-refractivity contribution >= 4 is 10.0 Å². The van der Waals surface area contributed by atoms with Crippen molar-refractivity contribution in [1.29, 1.82) is 0 Å². The fourth-order valence-electron chi connectivity index (χ4n) is 2.26. The quantitative estimate of drug-likeness (QED) is 0.842. The highest BCUT2D eigenvalue weighted by molar-refractivity contribution is 7.89. The third kappa shape index (κ3) is 3.59. The molecule has 0 amide bonds. The Morgan fingerprint density at radius 1 is 1.25 bits per heavy atom. The maximum Gasteiger partial charge on any atom is 0.243 e. The fourth-order valence-corrected chi connectivity index (χ4v) is 3.70. The molecule has 1 aromatic carbocycles. The summed E-state index contributed by atoms with van der Waals surface area (Å²) in [6.45, 7) is 5.80. The van der Waals surface area contributed by atoms with Gasteiger partial charge in [-0.2, -0.15) is 4.31 Å². The van der Waals surface area contributed by atoms with Crippen molar-refractivity contribution in [3.63, 3.8) is 0 Å². The van der Waals surface area contributed by atoms with E-state index in [1.165, 1.54) is 4.31 Å². The second-order valence-electron chi connectivity index (χ2n) is 5.10. The summed E-state index contributed by atoms with van der Waals surface area (Å²) in [6.07, 6.45) is 2.55. The van der Waals surface area contributed by atoms with Crippen LogP contribution >= 0.6 is 0 Å². The van der Waals surface area contributed by atoms with Crippen molar-refractivity contribution in [3.05, 3.63) is 29.3 Å². The highest BCUT2D eigenvalue weighted by atomic mass is 32.2. The third-order valence-electron chi connectivity index (χ3n) is 3.73. The van der Waals surface area contributed by atoms with E-state index in [2.05, 4.69) is 0 Å². The van der Waals surface area contributed by atoms with E-state index in [-0.39, 0.29) is 17.5 Å². The summed E-state index contributed by atoms with van der Waals surface area (Å²) in [5.41, 5.74) is 1.67. The fraction of sp³-hybridized carbons (Fsp3) is 0.600. The molecule has 1 aromatic rings. The van der Waals surface area contributed by atoms with Gasteiger partial charge in [-0.25, -0.2) is 8.42 Å². The minimum absolute atomic E-state index is 0.0339. The molecule has 1 unspecified atom stereocenters. The second-order valence-corrected chi connectivity index (χ2v) is 7.10. The molecule has 0 radical (unpaired) electrons. The monoisotopic (exact) mass is 299 g/mol. The molecule has 0 spiro atoms. The Balaban J connectivity index is 3.15. The lowest BCUT2D eigenvalue weighted by Gasteiger charge is -2.24. The maximum atomic E-state index is 12.6. The topological polar surface area (TPSA) is 57.6 Å². The molecule has 0 aromatic heterocycles. The van der Waals surface area contributed by atoms with Crippen LogP contribution in [-0.4, -0.2) is 30.9 Å². The third-order valence-corrected chi connectivity index (χ3v) is 5.70. The van der Waals surface area contributed by atoms with Crippen molar-refractivity contribution in [2.24, 2.45) is 0 Å². The molecule has 4 nitrogen and oxygen atoms in total. The highest BCUT2D eigenvalue weighted by Gasteiger charge is 2.25. The van der Waals surface area contributed by atoms with Crippen LogP contribution in [0, 0.1) is 0 Å². The van der Waals surface area contributed by atoms with Crippen molar-refractivity contribution in [2.45, 2.75) is 57.6 Å². The largest absolute Gasteiger partial charge is 0.392 e. The average Bonchev–Trinajstić information content (AvgIpc) is 2.45. The van der Waals surface area contributed by atoms with E-state index in [1.54, 1.807) is 25.2 Å². The van der Waals surface area contributed by atoms with Gasteiger partial charge in [0.15, 0.2) is 0 Å². The second kappa shape index (κ2) is 7.20. The van der Waals surface area contributed by atoms with Gasteiger partial charge in [-0.3, -0.25) is 0 Å². The zero-order valence-corrected chi connectivity index (χ0v) is 13.6. The Bertz CT molecular complexity index is 540. The van der Waals surface area contributed by atoms with E-state index >= 15 is 0 Å². The minimum Gasteiger partial charge on any atom is -0.392 e. The highest BCUT2D eigenvalue weighted by Crippen LogP contribution is 2.22. The van der Waals surface area contributed by atoms with E-state index in [0.717, 1.165) is 24.8 Å². The van der Waals surface area contributed by atoms with Gasteiger partial charge in [0.1, 0.15) is 0 Å². The van der Waals surface area contributed by atoms with Gasteiger partial charge in [0.05, 0.1) is 11.5 Å². The van der Waals surface area contributed by atoms with Gasteiger partial charge in [-0.15, -0.1) is 0 Å². The molecule has 0 bridgehead atoms. The number of aryl methyl sites for hydroxylation is 1. The van der Waals surface area contributed by atoms with Crippen LogP contribution in [0.3, 0.4) is 0 Å². The molecule has 0 saturated heterocycles. The van der Waals surface area contributed by atoms with Crippen LogP contribution in [0.2, 0.25) is 0 Å². The summed E-state index contributed by atoms with van der Waals surface area (Å²) in [5, 5.41) is 9.36. The number of hydrogen-bond acceptors (Lipinski definition) is 3. The zero-order valence-electron chi connectivity index (χ0n) is 12.8. The summed E-state index contributed by atoms with van der Waals surface area (Å²) in [6, 6.07) is 4.97. The number of rotatable bonds is 7. The van der Waals surface area contributed by atoms with Crippen molar-refractivity contribution in [1.82, 2.24) is 4.31 Å². The molecule has 1 rings (SSSR count). The SMILES string of the molecule is CCCC(C)N(C)S(=O)(=O)c1ccc(CC)c(CO)c1. The first-order chi connectivity index (χ1) is 9.38. The molecular weight excluding hydrogens is 274 g/mol. The minimum atomic E-state index is -3.50. The lowest BCUT2D eigenvalue weighted by atomic mass is 10.1. The lowest BCUT2D eigenvalue weighted by molar-refractivity contribution is 0.280. The van der Waals surface area contributed by atoms with Gasteiger partial charge in [0, 0.05) is 13.1 Å². The van der Waals surface area contributed by atoms with Gasteiger partial charge >= 0.3 is 0 Å². The van der Waals surface area contributed by atoms with E-state index < -0.39 is 10.0 Å². The van der Waals surface area contributed by atoms with Crippen LogP contribution in [0.5, 0.6) is 0 Å². The normalized spacial score (nSPS) is 13.7. The Labute approximate surface area is 122 Å². The van der Waals surface area contributed by atoms with Crippen LogP contribution in [0.15, 0.2) is 23.1 Å². The van der Waals surface area contributed by atoms with Gasteiger partial charge in [0.25, 0.3) is 0 Å². The average molecular weight is 299 g/mol. The summed E-state index contributed by atoms with van der Waals surface area (Å²) < 4.78 is 26.5. The predicted octanol–water partition coefficient (Wildman–Crippen LogP) is 2.55. The number of aliphatic hydroxyl groups excluding tert-OH is 1.